The smallest absolute Gasteiger partial charge is 0.434 e. The van der Waals surface area contributed by atoms with E-state index in [2.05, 4.69) is 13.8 Å². The molecule has 6 heteroatoms. The molecule has 0 aromatic rings. The van der Waals surface area contributed by atoms with Crippen molar-refractivity contribution in [2.75, 3.05) is 6.61 Å². The third-order valence-electron chi connectivity index (χ3n) is 4.52. The minimum atomic E-state index is -0.640. The Morgan fingerprint density at radius 1 is 0.962 bits per heavy atom. The maximum atomic E-state index is 11.9. The summed E-state index contributed by atoms with van der Waals surface area (Å²) in [6.45, 7) is 10.1. The van der Waals surface area contributed by atoms with Gasteiger partial charge in [-0.15, -0.1) is 0 Å². The molecular formula is C20H36O6. The molecule has 0 N–H and O–H groups in total. The minimum Gasteiger partial charge on any atom is -0.434 e. The molecule has 26 heavy (non-hydrogen) atoms. The number of rotatable bonds is 8. The van der Waals surface area contributed by atoms with Gasteiger partial charge in [-0.25, -0.2) is 9.59 Å². The first-order chi connectivity index (χ1) is 12.2. The van der Waals surface area contributed by atoms with Crippen LogP contribution >= 0.6 is 0 Å². The van der Waals surface area contributed by atoms with E-state index in [1.54, 1.807) is 20.8 Å². The number of hydrogen-bond donors (Lipinski definition) is 0. The molecule has 0 amide bonds. The first-order valence-corrected chi connectivity index (χ1v) is 9.96. The summed E-state index contributed by atoms with van der Waals surface area (Å²) >= 11 is 0. The average Bonchev–Trinajstić information content (AvgIpc) is 2.55. The molecule has 1 atom stereocenters. The lowest BCUT2D eigenvalue weighted by Crippen LogP contribution is -2.32. The van der Waals surface area contributed by atoms with E-state index in [4.69, 9.17) is 18.9 Å². The zero-order chi connectivity index (χ0) is 19.6. The summed E-state index contributed by atoms with van der Waals surface area (Å²) < 4.78 is 21.1. The SMILES string of the molecule is CCCCC(CC)COC(=O)OC1CCC(OC(=O)OC(C)(C)C)CC1. The van der Waals surface area contributed by atoms with Crippen LogP contribution in [0.5, 0.6) is 0 Å². The minimum absolute atomic E-state index is 0.170. The second-order valence-corrected chi connectivity index (χ2v) is 8.08. The van der Waals surface area contributed by atoms with Crippen LogP contribution in [0.1, 0.15) is 86.0 Å². The number of carbonyl (C=O) groups is 2. The van der Waals surface area contributed by atoms with E-state index in [0.717, 1.165) is 25.7 Å². The summed E-state index contributed by atoms with van der Waals surface area (Å²) in [5.74, 6) is 0.403. The fourth-order valence-electron chi connectivity index (χ4n) is 2.93. The second kappa shape index (κ2) is 11.3. The molecule has 1 aliphatic carbocycles. The van der Waals surface area contributed by atoms with Gasteiger partial charge in [0.2, 0.25) is 0 Å². The zero-order valence-electron chi connectivity index (χ0n) is 17.0. The molecule has 0 heterocycles. The van der Waals surface area contributed by atoms with Crippen LogP contribution in [0, 0.1) is 5.92 Å². The van der Waals surface area contributed by atoms with E-state index in [-0.39, 0.29) is 12.2 Å². The largest absolute Gasteiger partial charge is 0.509 e. The van der Waals surface area contributed by atoms with Crippen LogP contribution in [0.2, 0.25) is 0 Å². The molecule has 1 aliphatic rings. The van der Waals surface area contributed by atoms with Crippen LogP contribution in [0.25, 0.3) is 0 Å². The monoisotopic (exact) mass is 372 g/mol. The van der Waals surface area contributed by atoms with E-state index in [1.807, 2.05) is 0 Å². The highest BCUT2D eigenvalue weighted by atomic mass is 16.7. The van der Waals surface area contributed by atoms with Crippen molar-refractivity contribution < 1.29 is 28.5 Å². The fraction of sp³-hybridized carbons (Fsp3) is 0.900. The van der Waals surface area contributed by atoms with Crippen molar-refractivity contribution in [3.8, 4) is 0 Å². The molecule has 1 unspecified atom stereocenters. The highest BCUT2D eigenvalue weighted by molar-refractivity contribution is 5.61. The Morgan fingerprint density at radius 2 is 1.50 bits per heavy atom. The number of carbonyl (C=O) groups excluding carboxylic acids is 2. The van der Waals surface area contributed by atoms with Crippen molar-refractivity contribution in [1.82, 2.24) is 0 Å². The molecular weight excluding hydrogens is 336 g/mol. The summed E-state index contributed by atoms with van der Waals surface area (Å²) in [5, 5.41) is 0. The highest BCUT2D eigenvalue weighted by Gasteiger charge is 2.28. The topological polar surface area (TPSA) is 71.1 Å². The van der Waals surface area contributed by atoms with Gasteiger partial charge in [-0.3, -0.25) is 0 Å². The number of unbranched alkanes of at least 4 members (excludes halogenated alkanes) is 1. The number of ether oxygens (including phenoxy) is 4. The fourth-order valence-corrected chi connectivity index (χ4v) is 2.93. The lowest BCUT2D eigenvalue weighted by molar-refractivity contribution is -0.0503. The van der Waals surface area contributed by atoms with Gasteiger partial charge in [0.25, 0.3) is 0 Å². The Labute approximate surface area is 157 Å². The molecule has 1 saturated carbocycles. The Balaban J connectivity index is 2.22. The van der Waals surface area contributed by atoms with Crippen LogP contribution in [-0.4, -0.2) is 36.7 Å². The molecule has 152 valence electrons. The predicted molar refractivity (Wildman–Crippen MR) is 99.1 cm³/mol. The van der Waals surface area contributed by atoms with Crippen molar-refractivity contribution in [2.24, 2.45) is 5.92 Å². The van der Waals surface area contributed by atoms with E-state index in [0.29, 0.717) is 38.2 Å². The van der Waals surface area contributed by atoms with Gasteiger partial charge in [0.1, 0.15) is 17.8 Å². The summed E-state index contributed by atoms with van der Waals surface area (Å²) in [7, 11) is 0. The standard InChI is InChI=1S/C20H36O6/c1-6-8-9-15(7-2)14-23-18(21)24-16-10-12-17(13-11-16)25-19(22)26-20(3,4)5/h15-17H,6-14H2,1-5H3. The molecule has 1 fully saturated rings. The summed E-state index contributed by atoms with van der Waals surface area (Å²) in [6.07, 6.45) is 5.44. The molecule has 6 nitrogen and oxygen atoms in total. The van der Waals surface area contributed by atoms with Gasteiger partial charge >= 0.3 is 12.3 Å². The van der Waals surface area contributed by atoms with Crippen LogP contribution in [-0.2, 0) is 18.9 Å². The third kappa shape index (κ3) is 9.88. The molecule has 0 saturated heterocycles. The van der Waals surface area contributed by atoms with Gasteiger partial charge in [-0.1, -0.05) is 33.1 Å². The van der Waals surface area contributed by atoms with Gasteiger partial charge in [-0.2, -0.15) is 0 Å². The van der Waals surface area contributed by atoms with E-state index in [9.17, 15) is 9.59 Å². The molecule has 0 spiro atoms. The lowest BCUT2D eigenvalue weighted by atomic mass is 9.95. The maximum absolute atomic E-state index is 11.9. The van der Waals surface area contributed by atoms with Gasteiger partial charge in [-0.05, 0) is 58.8 Å². The summed E-state index contributed by atoms with van der Waals surface area (Å²) in [4.78, 5) is 23.6. The van der Waals surface area contributed by atoms with Crippen molar-refractivity contribution in [1.29, 1.82) is 0 Å². The van der Waals surface area contributed by atoms with Crippen molar-refractivity contribution in [3.05, 3.63) is 0 Å². The van der Waals surface area contributed by atoms with Gasteiger partial charge in [0.05, 0.1) is 6.61 Å². The Hall–Kier alpha value is -1.46. The van der Waals surface area contributed by atoms with E-state index < -0.39 is 17.9 Å². The first kappa shape index (κ1) is 22.6. The highest BCUT2D eigenvalue weighted by Crippen LogP contribution is 2.25. The molecule has 0 aliphatic heterocycles. The normalized spacial score (nSPS) is 21.6. The number of hydrogen-bond acceptors (Lipinski definition) is 6. The quantitative estimate of drug-likeness (QED) is 0.515. The van der Waals surface area contributed by atoms with Crippen molar-refractivity contribution >= 4 is 12.3 Å². The third-order valence-corrected chi connectivity index (χ3v) is 4.52. The van der Waals surface area contributed by atoms with Crippen LogP contribution in [0.3, 0.4) is 0 Å². The first-order valence-electron chi connectivity index (χ1n) is 9.96. The Bertz CT molecular complexity index is 421. The maximum Gasteiger partial charge on any atom is 0.509 e. The summed E-state index contributed by atoms with van der Waals surface area (Å²) in [6, 6.07) is 0. The van der Waals surface area contributed by atoms with Gasteiger partial charge in [0, 0.05) is 0 Å². The summed E-state index contributed by atoms with van der Waals surface area (Å²) in [5.41, 5.74) is -0.561. The van der Waals surface area contributed by atoms with Crippen LogP contribution < -0.4 is 0 Å². The lowest BCUT2D eigenvalue weighted by Gasteiger charge is -2.28. The molecule has 0 radical (unpaired) electrons. The zero-order valence-corrected chi connectivity index (χ0v) is 17.0. The Morgan fingerprint density at radius 3 is 1.96 bits per heavy atom. The van der Waals surface area contributed by atoms with Gasteiger partial charge in [0.15, 0.2) is 0 Å². The van der Waals surface area contributed by atoms with Crippen LogP contribution in [0.4, 0.5) is 9.59 Å². The van der Waals surface area contributed by atoms with Crippen LogP contribution in [0.15, 0.2) is 0 Å². The van der Waals surface area contributed by atoms with Gasteiger partial charge < -0.3 is 18.9 Å². The predicted octanol–water partition coefficient (Wildman–Crippen LogP) is 5.62. The van der Waals surface area contributed by atoms with E-state index >= 15 is 0 Å². The second-order valence-electron chi connectivity index (χ2n) is 8.08. The Kier molecular flexibility index (Phi) is 9.81. The molecule has 0 aromatic carbocycles. The van der Waals surface area contributed by atoms with Crippen molar-refractivity contribution in [3.63, 3.8) is 0 Å². The van der Waals surface area contributed by atoms with Crippen molar-refractivity contribution in [2.45, 2.75) is 104 Å². The average molecular weight is 373 g/mol. The molecule has 1 rings (SSSR count). The van der Waals surface area contributed by atoms with E-state index in [1.165, 1.54) is 0 Å². The molecule has 0 aromatic heterocycles. The molecule has 0 bridgehead atoms.